The minimum atomic E-state index is -0.401. The van der Waals surface area contributed by atoms with Gasteiger partial charge in [-0.25, -0.2) is 4.79 Å². The fourth-order valence-corrected chi connectivity index (χ4v) is 2.24. The highest BCUT2D eigenvalue weighted by Gasteiger charge is 2.52. The van der Waals surface area contributed by atoms with Crippen molar-refractivity contribution in [2.45, 2.75) is 31.5 Å². The van der Waals surface area contributed by atoms with Crippen LogP contribution < -0.4 is 11.1 Å². The van der Waals surface area contributed by atoms with Crippen LogP contribution in [0.5, 0.6) is 0 Å². The summed E-state index contributed by atoms with van der Waals surface area (Å²) in [4.78, 5) is 11.1. The average molecular weight is 200 g/mol. The Hall–Kier alpha value is -0.810. The van der Waals surface area contributed by atoms with Crippen molar-refractivity contribution in [2.75, 3.05) is 13.2 Å². The number of ether oxygens (including phenoxy) is 2. The highest BCUT2D eigenvalue weighted by Crippen LogP contribution is 2.37. The third-order valence-electron chi connectivity index (χ3n) is 3.01. The van der Waals surface area contributed by atoms with Crippen LogP contribution in [0.3, 0.4) is 0 Å². The Labute approximate surface area is 82.9 Å². The molecule has 1 aliphatic heterocycles. The second-order valence-electron chi connectivity index (χ2n) is 3.76. The molecule has 4 unspecified atom stereocenters. The first-order valence-corrected chi connectivity index (χ1v) is 5.04. The minimum Gasteiger partial charge on any atom is -0.450 e. The lowest BCUT2D eigenvalue weighted by atomic mass is 9.72. The molecular formula is C9H16N2O3. The molecule has 2 aliphatic rings. The number of alkyl carbamates (subject to hydrolysis) is 1. The molecule has 4 atom stereocenters. The Morgan fingerprint density at radius 2 is 2.50 bits per heavy atom. The van der Waals surface area contributed by atoms with Gasteiger partial charge in [-0.3, -0.25) is 0 Å². The van der Waals surface area contributed by atoms with Gasteiger partial charge in [0.15, 0.2) is 0 Å². The molecule has 1 saturated heterocycles. The summed E-state index contributed by atoms with van der Waals surface area (Å²) in [7, 11) is 0. The first kappa shape index (κ1) is 9.73. The van der Waals surface area contributed by atoms with E-state index in [0.717, 1.165) is 13.0 Å². The van der Waals surface area contributed by atoms with Crippen LogP contribution in [0.1, 0.15) is 13.3 Å². The molecule has 0 spiro atoms. The van der Waals surface area contributed by atoms with E-state index in [0.29, 0.717) is 12.5 Å². The number of rotatable bonds is 2. The molecule has 1 aliphatic carbocycles. The Balaban J connectivity index is 1.84. The van der Waals surface area contributed by atoms with E-state index >= 15 is 0 Å². The topological polar surface area (TPSA) is 73.6 Å². The highest BCUT2D eigenvalue weighted by atomic mass is 16.5. The number of carbonyl (C=O) groups is 1. The summed E-state index contributed by atoms with van der Waals surface area (Å²) >= 11 is 0. The van der Waals surface area contributed by atoms with Crippen molar-refractivity contribution >= 4 is 6.09 Å². The number of nitrogens with two attached hydrogens (primary N) is 1. The monoisotopic (exact) mass is 200 g/mol. The minimum absolute atomic E-state index is 0.0203. The van der Waals surface area contributed by atoms with Gasteiger partial charge in [-0.05, 0) is 13.3 Å². The molecule has 0 bridgehead atoms. The third kappa shape index (κ3) is 1.46. The largest absolute Gasteiger partial charge is 0.450 e. The lowest BCUT2D eigenvalue weighted by Gasteiger charge is -2.45. The van der Waals surface area contributed by atoms with E-state index in [4.69, 9.17) is 15.2 Å². The number of hydrogen-bond donors (Lipinski definition) is 2. The molecule has 5 heteroatoms. The molecule has 80 valence electrons. The van der Waals surface area contributed by atoms with Gasteiger partial charge in [0.25, 0.3) is 0 Å². The summed E-state index contributed by atoms with van der Waals surface area (Å²) in [5.74, 6) is 0.418. The lowest BCUT2D eigenvalue weighted by Crippen LogP contribution is -2.69. The van der Waals surface area contributed by atoms with Crippen molar-refractivity contribution < 1.29 is 14.3 Å². The zero-order valence-electron chi connectivity index (χ0n) is 8.23. The molecule has 0 aromatic heterocycles. The highest BCUT2D eigenvalue weighted by molar-refractivity contribution is 5.68. The summed E-state index contributed by atoms with van der Waals surface area (Å²) in [5, 5.41) is 2.73. The zero-order chi connectivity index (χ0) is 10.1. The molecular weight excluding hydrogens is 184 g/mol. The van der Waals surface area contributed by atoms with Gasteiger partial charge in [0, 0.05) is 18.6 Å². The van der Waals surface area contributed by atoms with Crippen LogP contribution in [-0.4, -0.2) is 37.5 Å². The van der Waals surface area contributed by atoms with Crippen molar-refractivity contribution in [1.29, 1.82) is 0 Å². The van der Waals surface area contributed by atoms with Crippen LogP contribution in [0.25, 0.3) is 0 Å². The number of hydrogen-bond acceptors (Lipinski definition) is 4. The van der Waals surface area contributed by atoms with Gasteiger partial charge >= 0.3 is 6.09 Å². The van der Waals surface area contributed by atoms with Crippen molar-refractivity contribution in [2.24, 2.45) is 11.7 Å². The quantitative estimate of drug-likeness (QED) is 0.650. The number of fused-ring (bicyclic) bond motifs is 1. The second kappa shape index (κ2) is 3.74. The Morgan fingerprint density at radius 1 is 1.71 bits per heavy atom. The normalized spacial score (nSPS) is 39.9. The first-order valence-electron chi connectivity index (χ1n) is 5.04. The van der Waals surface area contributed by atoms with E-state index < -0.39 is 6.09 Å². The lowest BCUT2D eigenvalue weighted by molar-refractivity contribution is -0.0177. The second-order valence-corrected chi connectivity index (χ2v) is 3.76. The smallest absolute Gasteiger partial charge is 0.407 e. The predicted octanol–water partition coefficient (Wildman–Crippen LogP) is -0.153. The molecule has 5 nitrogen and oxygen atoms in total. The van der Waals surface area contributed by atoms with E-state index in [9.17, 15) is 4.79 Å². The SMILES string of the molecule is CCOC(=O)NC1C(N)C2CCOC21. The summed E-state index contributed by atoms with van der Waals surface area (Å²) in [6, 6.07) is -0.0477. The third-order valence-corrected chi connectivity index (χ3v) is 3.01. The van der Waals surface area contributed by atoms with Crippen molar-refractivity contribution in [3.63, 3.8) is 0 Å². The molecule has 0 radical (unpaired) electrons. The van der Waals surface area contributed by atoms with E-state index in [1.165, 1.54) is 0 Å². The van der Waals surface area contributed by atoms with Gasteiger partial charge in [0.1, 0.15) is 0 Å². The maximum atomic E-state index is 11.1. The number of amides is 1. The Bertz CT molecular complexity index is 234. The molecule has 2 rings (SSSR count). The Kier molecular flexibility index (Phi) is 2.60. The van der Waals surface area contributed by atoms with Gasteiger partial charge in [-0.1, -0.05) is 0 Å². The molecule has 1 heterocycles. The van der Waals surface area contributed by atoms with Crippen LogP contribution in [0.2, 0.25) is 0 Å². The molecule has 0 aromatic carbocycles. The van der Waals surface area contributed by atoms with Crippen molar-refractivity contribution in [3.8, 4) is 0 Å². The average Bonchev–Trinajstić information content (AvgIpc) is 2.59. The van der Waals surface area contributed by atoms with Gasteiger partial charge in [0.2, 0.25) is 0 Å². The van der Waals surface area contributed by atoms with Gasteiger partial charge in [-0.15, -0.1) is 0 Å². The van der Waals surface area contributed by atoms with E-state index in [1.54, 1.807) is 6.92 Å². The van der Waals surface area contributed by atoms with Crippen LogP contribution in [0, 0.1) is 5.92 Å². The first-order chi connectivity index (χ1) is 6.74. The van der Waals surface area contributed by atoms with Crippen molar-refractivity contribution in [1.82, 2.24) is 5.32 Å². The van der Waals surface area contributed by atoms with Crippen LogP contribution in [0.4, 0.5) is 4.79 Å². The van der Waals surface area contributed by atoms with Crippen LogP contribution >= 0.6 is 0 Å². The van der Waals surface area contributed by atoms with Crippen LogP contribution in [0.15, 0.2) is 0 Å². The summed E-state index contributed by atoms with van der Waals surface area (Å²) in [6.07, 6.45) is 0.712. The summed E-state index contributed by atoms with van der Waals surface area (Å²) in [5.41, 5.74) is 5.90. The fraction of sp³-hybridized carbons (Fsp3) is 0.889. The molecule has 14 heavy (non-hydrogen) atoms. The summed E-state index contributed by atoms with van der Waals surface area (Å²) < 4.78 is 10.2. The summed E-state index contributed by atoms with van der Waals surface area (Å²) in [6.45, 7) is 2.90. The number of carbonyl (C=O) groups excluding carboxylic acids is 1. The molecule has 2 fully saturated rings. The van der Waals surface area contributed by atoms with E-state index in [2.05, 4.69) is 5.32 Å². The van der Waals surface area contributed by atoms with Gasteiger partial charge < -0.3 is 20.5 Å². The van der Waals surface area contributed by atoms with Crippen molar-refractivity contribution in [3.05, 3.63) is 0 Å². The maximum Gasteiger partial charge on any atom is 0.407 e. The van der Waals surface area contributed by atoms with Gasteiger partial charge in [0.05, 0.1) is 18.8 Å². The molecule has 1 amide bonds. The molecule has 3 N–H and O–H groups in total. The van der Waals surface area contributed by atoms with Gasteiger partial charge in [-0.2, -0.15) is 0 Å². The zero-order valence-corrected chi connectivity index (χ0v) is 8.23. The Morgan fingerprint density at radius 3 is 3.21 bits per heavy atom. The molecule has 0 aromatic rings. The number of nitrogens with one attached hydrogen (secondary N) is 1. The molecule has 1 saturated carbocycles. The maximum absolute atomic E-state index is 11.1. The van der Waals surface area contributed by atoms with E-state index in [1.807, 2.05) is 0 Å². The standard InChI is InChI=1S/C9H16N2O3/c1-2-13-9(12)11-7-6(10)5-3-4-14-8(5)7/h5-8H,2-4,10H2,1H3,(H,11,12). The van der Waals surface area contributed by atoms with E-state index in [-0.39, 0.29) is 18.2 Å². The fourth-order valence-electron chi connectivity index (χ4n) is 2.24. The van der Waals surface area contributed by atoms with Crippen LogP contribution in [-0.2, 0) is 9.47 Å². The predicted molar refractivity (Wildman–Crippen MR) is 49.8 cm³/mol.